The molecule has 1 aromatic carbocycles. The van der Waals surface area contributed by atoms with E-state index in [1.807, 2.05) is 41.4 Å². The fourth-order valence-electron chi connectivity index (χ4n) is 4.18. The van der Waals surface area contributed by atoms with Gasteiger partial charge in [0.15, 0.2) is 0 Å². The van der Waals surface area contributed by atoms with Gasteiger partial charge in [-0.3, -0.25) is 9.78 Å². The second-order valence-corrected chi connectivity index (χ2v) is 8.14. The zero-order valence-electron chi connectivity index (χ0n) is 17.3. The maximum absolute atomic E-state index is 13.2. The van der Waals surface area contributed by atoms with E-state index in [2.05, 4.69) is 39.7 Å². The standard InChI is InChI=1S/C23H29N5O/c1-26(2)12-5-14-27-15-11-25-22(27)20-7-4-13-28(17-20)23(29)19-9-8-18-6-3-10-24-21(18)16-19/h3,6,8-11,15-16,20H,4-5,7,12-14,17H2,1-2H3/t20-/m1/s1. The van der Waals surface area contributed by atoms with Crippen molar-refractivity contribution in [3.8, 4) is 0 Å². The number of piperidine rings is 1. The van der Waals surface area contributed by atoms with E-state index in [0.29, 0.717) is 11.5 Å². The summed E-state index contributed by atoms with van der Waals surface area (Å²) in [4.78, 5) is 26.4. The van der Waals surface area contributed by atoms with Crippen molar-refractivity contribution in [3.63, 3.8) is 0 Å². The Morgan fingerprint density at radius 1 is 1.21 bits per heavy atom. The van der Waals surface area contributed by atoms with Crippen molar-refractivity contribution in [2.75, 3.05) is 33.7 Å². The van der Waals surface area contributed by atoms with Crippen LogP contribution in [0.2, 0.25) is 0 Å². The molecular formula is C23H29N5O. The Morgan fingerprint density at radius 2 is 2.10 bits per heavy atom. The Balaban J connectivity index is 1.47. The van der Waals surface area contributed by atoms with Crippen molar-refractivity contribution < 1.29 is 4.79 Å². The van der Waals surface area contributed by atoms with Gasteiger partial charge in [-0.05, 0) is 58.1 Å². The van der Waals surface area contributed by atoms with Crippen molar-refractivity contribution in [1.29, 1.82) is 0 Å². The molecule has 6 nitrogen and oxygen atoms in total. The lowest BCUT2D eigenvalue weighted by Gasteiger charge is -2.33. The number of amides is 1. The summed E-state index contributed by atoms with van der Waals surface area (Å²) >= 11 is 0. The average molecular weight is 392 g/mol. The molecule has 3 aromatic rings. The van der Waals surface area contributed by atoms with Gasteiger partial charge in [0, 0.05) is 55.1 Å². The fourth-order valence-corrected chi connectivity index (χ4v) is 4.18. The number of carbonyl (C=O) groups is 1. The first kappa shape index (κ1) is 19.6. The molecule has 0 unspecified atom stereocenters. The number of nitrogens with zero attached hydrogens (tertiary/aromatic N) is 5. The van der Waals surface area contributed by atoms with Gasteiger partial charge in [0.2, 0.25) is 0 Å². The SMILES string of the molecule is CN(C)CCCn1ccnc1[C@@H]1CCCN(C(=O)c2ccc3cccnc3c2)C1. The molecule has 4 rings (SSSR count). The summed E-state index contributed by atoms with van der Waals surface area (Å²) in [5.41, 5.74) is 1.58. The number of hydrogen-bond donors (Lipinski definition) is 0. The Bertz CT molecular complexity index is 980. The molecule has 0 bridgehead atoms. The highest BCUT2D eigenvalue weighted by Gasteiger charge is 2.28. The van der Waals surface area contributed by atoms with Gasteiger partial charge in [-0.1, -0.05) is 12.1 Å². The summed E-state index contributed by atoms with van der Waals surface area (Å²) in [6, 6.07) is 9.74. The van der Waals surface area contributed by atoms with Crippen molar-refractivity contribution >= 4 is 16.8 Å². The Kier molecular flexibility index (Phi) is 5.90. The quantitative estimate of drug-likeness (QED) is 0.646. The lowest BCUT2D eigenvalue weighted by Crippen LogP contribution is -2.39. The summed E-state index contributed by atoms with van der Waals surface area (Å²) in [5.74, 6) is 1.50. The molecule has 1 aliphatic rings. The number of rotatable bonds is 6. The molecule has 0 aliphatic carbocycles. The summed E-state index contributed by atoms with van der Waals surface area (Å²) in [7, 11) is 4.20. The lowest BCUT2D eigenvalue weighted by molar-refractivity contribution is 0.0703. The molecule has 0 N–H and O–H groups in total. The Labute approximate surface area is 172 Å². The van der Waals surface area contributed by atoms with Gasteiger partial charge in [-0.15, -0.1) is 0 Å². The van der Waals surface area contributed by atoms with Gasteiger partial charge >= 0.3 is 0 Å². The van der Waals surface area contributed by atoms with Crippen molar-refractivity contribution in [1.82, 2.24) is 24.3 Å². The molecule has 6 heteroatoms. The molecule has 152 valence electrons. The van der Waals surface area contributed by atoms with Crippen LogP contribution in [-0.4, -0.2) is 64.0 Å². The van der Waals surface area contributed by atoms with Gasteiger partial charge in [-0.2, -0.15) is 0 Å². The summed E-state index contributed by atoms with van der Waals surface area (Å²) < 4.78 is 2.27. The number of imidazole rings is 1. The lowest BCUT2D eigenvalue weighted by atomic mass is 9.96. The third kappa shape index (κ3) is 4.48. The van der Waals surface area contributed by atoms with Gasteiger partial charge in [0.05, 0.1) is 5.52 Å². The van der Waals surface area contributed by atoms with Crippen LogP contribution in [0.3, 0.4) is 0 Å². The molecule has 0 spiro atoms. The maximum Gasteiger partial charge on any atom is 0.253 e. The monoisotopic (exact) mass is 391 g/mol. The topological polar surface area (TPSA) is 54.3 Å². The number of aromatic nitrogens is 3. The number of pyridine rings is 1. The van der Waals surface area contributed by atoms with E-state index in [4.69, 9.17) is 0 Å². The minimum absolute atomic E-state index is 0.0907. The first-order chi connectivity index (χ1) is 14.1. The third-order valence-electron chi connectivity index (χ3n) is 5.68. The minimum Gasteiger partial charge on any atom is -0.338 e. The van der Waals surface area contributed by atoms with Crippen LogP contribution in [0, 0.1) is 0 Å². The minimum atomic E-state index is 0.0907. The second kappa shape index (κ2) is 8.74. The fraction of sp³-hybridized carbons (Fsp3) is 0.435. The Morgan fingerprint density at radius 3 is 2.97 bits per heavy atom. The smallest absolute Gasteiger partial charge is 0.253 e. The molecule has 1 atom stereocenters. The molecular weight excluding hydrogens is 362 g/mol. The molecule has 1 aliphatic heterocycles. The van der Waals surface area contributed by atoms with Crippen LogP contribution in [0.1, 0.15) is 41.4 Å². The van der Waals surface area contributed by atoms with Crippen LogP contribution in [0.15, 0.2) is 48.9 Å². The van der Waals surface area contributed by atoms with Gasteiger partial charge in [0.1, 0.15) is 5.82 Å². The molecule has 29 heavy (non-hydrogen) atoms. The van der Waals surface area contributed by atoms with Crippen LogP contribution in [0.4, 0.5) is 0 Å². The van der Waals surface area contributed by atoms with Crippen molar-refractivity contribution in [2.24, 2.45) is 0 Å². The van der Waals surface area contributed by atoms with Crippen LogP contribution in [0.5, 0.6) is 0 Å². The van der Waals surface area contributed by atoms with Crippen molar-refractivity contribution in [2.45, 2.75) is 31.7 Å². The Hall–Kier alpha value is -2.73. The predicted octanol–water partition coefficient (Wildman–Crippen LogP) is 3.40. The molecule has 0 radical (unpaired) electrons. The summed E-state index contributed by atoms with van der Waals surface area (Å²) in [5, 5.41) is 1.06. The largest absolute Gasteiger partial charge is 0.338 e. The molecule has 1 saturated heterocycles. The van der Waals surface area contributed by atoms with Crippen LogP contribution < -0.4 is 0 Å². The number of hydrogen-bond acceptors (Lipinski definition) is 4. The highest BCUT2D eigenvalue weighted by Crippen LogP contribution is 2.27. The van der Waals surface area contributed by atoms with Crippen LogP contribution in [-0.2, 0) is 6.54 Å². The second-order valence-electron chi connectivity index (χ2n) is 8.14. The summed E-state index contributed by atoms with van der Waals surface area (Å²) in [6.45, 7) is 3.55. The zero-order valence-corrected chi connectivity index (χ0v) is 17.3. The van der Waals surface area contributed by atoms with Gasteiger partial charge < -0.3 is 14.4 Å². The van der Waals surface area contributed by atoms with E-state index in [1.165, 1.54) is 0 Å². The highest BCUT2D eigenvalue weighted by molar-refractivity contribution is 5.97. The van der Waals surface area contributed by atoms with Gasteiger partial charge in [0.25, 0.3) is 5.91 Å². The van der Waals surface area contributed by atoms with E-state index in [-0.39, 0.29) is 5.91 Å². The van der Waals surface area contributed by atoms with E-state index >= 15 is 0 Å². The van der Waals surface area contributed by atoms with Crippen molar-refractivity contribution in [3.05, 3.63) is 60.3 Å². The van der Waals surface area contributed by atoms with E-state index in [0.717, 1.165) is 62.2 Å². The number of carbonyl (C=O) groups excluding carboxylic acids is 1. The number of likely N-dealkylation sites (tertiary alicyclic amines) is 1. The summed E-state index contributed by atoms with van der Waals surface area (Å²) in [6.07, 6.45) is 8.90. The van der Waals surface area contributed by atoms with Crippen LogP contribution >= 0.6 is 0 Å². The maximum atomic E-state index is 13.2. The van der Waals surface area contributed by atoms with Crippen LogP contribution in [0.25, 0.3) is 10.9 Å². The molecule has 1 amide bonds. The predicted molar refractivity (Wildman–Crippen MR) is 115 cm³/mol. The normalized spacial score (nSPS) is 17.2. The number of aryl methyl sites for hydroxylation is 1. The average Bonchev–Trinajstić information content (AvgIpc) is 3.21. The first-order valence-corrected chi connectivity index (χ1v) is 10.4. The number of benzene rings is 1. The molecule has 3 heterocycles. The van der Waals surface area contributed by atoms with E-state index in [9.17, 15) is 4.79 Å². The first-order valence-electron chi connectivity index (χ1n) is 10.4. The number of fused-ring (bicyclic) bond motifs is 1. The zero-order chi connectivity index (χ0) is 20.2. The molecule has 2 aromatic heterocycles. The highest BCUT2D eigenvalue weighted by atomic mass is 16.2. The molecule has 0 saturated carbocycles. The van der Waals surface area contributed by atoms with E-state index in [1.54, 1.807) is 6.20 Å². The molecule has 1 fully saturated rings. The van der Waals surface area contributed by atoms with Gasteiger partial charge in [-0.25, -0.2) is 4.98 Å². The third-order valence-corrected chi connectivity index (χ3v) is 5.68. The van der Waals surface area contributed by atoms with E-state index < -0.39 is 0 Å².